The van der Waals surface area contributed by atoms with E-state index in [0.717, 1.165) is 31.6 Å². The Balaban J connectivity index is 0.00000288. The van der Waals surface area contributed by atoms with Crippen molar-refractivity contribution in [2.75, 3.05) is 13.2 Å². The molecule has 0 bridgehead atoms. The fourth-order valence-electron chi connectivity index (χ4n) is 2.51. The van der Waals surface area contributed by atoms with Gasteiger partial charge in [-0.15, -0.1) is 0 Å². The first kappa shape index (κ1) is 17.3. The van der Waals surface area contributed by atoms with Gasteiger partial charge in [-0.3, -0.25) is 0 Å². The average Bonchev–Trinajstić information content (AvgIpc) is 2.99. The fraction of sp³-hybridized carbons (Fsp3) is 0.421. The van der Waals surface area contributed by atoms with Gasteiger partial charge in [0.25, 0.3) is 0 Å². The Hall–Kier alpha value is -2.07. The van der Waals surface area contributed by atoms with Gasteiger partial charge < -0.3 is 14.5 Å². The van der Waals surface area contributed by atoms with Crippen molar-refractivity contribution in [3.63, 3.8) is 0 Å². The summed E-state index contributed by atoms with van der Waals surface area (Å²) in [5.41, 5.74) is 4.05. The molecule has 0 aliphatic rings. The number of ether oxygens (including phenoxy) is 2. The Labute approximate surface area is 139 Å². The molecule has 1 aromatic heterocycles. The third kappa shape index (κ3) is 5.57. The second-order valence-corrected chi connectivity index (χ2v) is 5.59. The number of carbonyl (C=O) groups excluding carboxylic acids is 1. The van der Waals surface area contributed by atoms with Gasteiger partial charge in [0.05, 0.1) is 18.8 Å². The molecule has 0 spiro atoms. The predicted octanol–water partition coefficient (Wildman–Crippen LogP) is 4.29. The Morgan fingerprint density at radius 3 is 2.91 bits per heavy atom. The van der Waals surface area contributed by atoms with Crippen LogP contribution >= 0.6 is 0 Å². The lowest BCUT2D eigenvalue weighted by Crippen LogP contribution is -2.07. The van der Waals surface area contributed by atoms with Crippen LogP contribution < -0.4 is 0 Å². The van der Waals surface area contributed by atoms with E-state index in [0.29, 0.717) is 18.8 Å². The number of benzene rings is 1. The quantitative estimate of drug-likeness (QED) is 0.554. The molecule has 2 rings (SSSR count). The highest BCUT2D eigenvalue weighted by molar-refractivity contribution is 5.90. The summed E-state index contributed by atoms with van der Waals surface area (Å²) in [6.45, 7) is 5.68. The van der Waals surface area contributed by atoms with E-state index in [2.05, 4.69) is 36.2 Å². The molecule has 4 nitrogen and oxygen atoms in total. The lowest BCUT2D eigenvalue weighted by atomic mass is 10.1. The minimum atomic E-state index is -0.251. The molecule has 0 aliphatic carbocycles. The highest BCUT2D eigenvalue weighted by Gasteiger charge is 2.12. The van der Waals surface area contributed by atoms with Crippen LogP contribution in [0.25, 0.3) is 0 Å². The van der Waals surface area contributed by atoms with Gasteiger partial charge in [-0.25, -0.2) is 4.79 Å². The summed E-state index contributed by atoms with van der Waals surface area (Å²) < 4.78 is 10.8. The van der Waals surface area contributed by atoms with Crippen molar-refractivity contribution in [3.8, 4) is 0 Å². The second kappa shape index (κ2) is 9.16. The van der Waals surface area contributed by atoms with Gasteiger partial charge in [-0.1, -0.05) is 29.8 Å². The van der Waals surface area contributed by atoms with Crippen LogP contribution in [0.4, 0.5) is 0 Å². The third-order valence-electron chi connectivity index (χ3n) is 3.64. The Morgan fingerprint density at radius 2 is 2.13 bits per heavy atom. The Kier molecular flexibility index (Phi) is 6.88. The zero-order valence-electron chi connectivity index (χ0n) is 13.9. The van der Waals surface area contributed by atoms with Crippen LogP contribution in [0, 0.1) is 6.92 Å². The zero-order chi connectivity index (χ0) is 16.5. The highest BCUT2D eigenvalue weighted by atomic mass is 16.5. The number of H-pyrrole nitrogens is 1. The molecule has 2 aromatic rings. The first-order chi connectivity index (χ1) is 11.2. The van der Waals surface area contributed by atoms with E-state index in [1.165, 1.54) is 11.1 Å². The minimum absolute atomic E-state index is 0. The maximum atomic E-state index is 11.8. The van der Waals surface area contributed by atoms with Crippen molar-refractivity contribution in [1.82, 2.24) is 4.98 Å². The molecule has 126 valence electrons. The Morgan fingerprint density at radius 1 is 1.26 bits per heavy atom. The highest BCUT2D eigenvalue weighted by Crippen LogP contribution is 2.12. The van der Waals surface area contributed by atoms with Crippen molar-refractivity contribution in [3.05, 3.63) is 58.9 Å². The number of nitrogens with one attached hydrogen (secondary N) is 1. The zero-order valence-corrected chi connectivity index (χ0v) is 13.9. The van der Waals surface area contributed by atoms with E-state index < -0.39 is 0 Å². The molecule has 0 amide bonds. The van der Waals surface area contributed by atoms with Gasteiger partial charge in [0, 0.05) is 19.9 Å². The topological polar surface area (TPSA) is 51.3 Å². The third-order valence-corrected chi connectivity index (χ3v) is 3.64. The molecule has 0 aliphatic heterocycles. The summed E-state index contributed by atoms with van der Waals surface area (Å²) in [5, 5.41) is 0. The summed E-state index contributed by atoms with van der Waals surface area (Å²) in [6.07, 6.45) is 4.55. The molecule has 0 saturated heterocycles. The SMILES string of the molecule is CCOC(=O)c1cc[nH]c1CCCCOCc1cccc(C)c1.[HH]. The van der Waals surface area contributed by atoms with Crippen LogP contribution in [0.5, 0.6) is 0 Å². The van der Waals surface area contributed by atoms with E-state index in [9.17, 15) is 4.79 Å². The monoisotopic (exact) mass is 317 g/mol. The number of hydrogen-bond acceptors (Lipinski definition) is 3. The molecule has 0 unspecified atom stereocenters. The van der Waals surface area contributed by atoms with Gasteiger partial charge in [-0.05, 0) is 44.7 Å². The maximum absolute atomic E-state index is 11.8. The lowest BCUT2D eigenvalue weighted by molar-refractivity contribution is 0.0525. The molecule has 0 atom stereocenters. The normalized spacial score (nSPS) is 10.7. The number of hydrogen-bond donors (Lipinski definition) is 1. The van der Waals surface area contributed by atoms with Crippen LogP contribution in [0.3, 0.4) is 0 Å². The molecular weight excluding hydrogens is 290 g/mol. The minimum Gasteiger partial charge on any atom is -0.462 e. The van der Waals surface area contributed by atoms with Crippen LogP contribution in [-0.2, 0) is 22.5 Å². The first-order valence-corrected chi connectivity index (χ1v) is 8.17. The molecule has 1 N–H and O–H groups in total. The van der Waals surface area contributed by atoms with E-state index in [1.54, 1.807) is 12.3 Å². The van der Waals surface area contributed by atoms with Crippen molar-refractivity contribution < 1.29 is 15.7 Å². The summed E-state index contributed by atoms with van der Waals surface area (Å²) in [5.74, 6) is -0.251. The van der Waals surface area contributed by atoms with E-state index in [-0.39, 0.29) is 7.40 Å². The van der Waals surface area contributed by atoms with Crippen molar-refractivity contribution in [1.29, 1.82) is 0 Å². The van der Waals surface area contributed by atoms with Crippen molar-refractivity contribution in [2.24, 2.45) is 0 Å². The molecule has 23 heavy (non-hydrogen) atoms. The van der Waals surface area contributed by atoms with Gasteiger partial charge in [0.1, 0.15) is 0 Å². The van der Waals surface area contributed by atoms with E-state index in [1.807, 2.05) is 6.92 Å². The van der Waals surface area contributed by atoms with Crippen LogP contribution in [-0.4, -0.2) is 24.2 Å². The largest absolute Gasteiger partial charge is 0.462 e. The molecule has 0 saturated carbocycles. The number of carbonyl (C=O) groups is 1. The lowest BCUT2D eigenvalue weighted by Gasteiger charge is -2.06. The number of unbranched alkanes of at least 4 members (excludes halogenated alkanes) is 1. The van der Waals surface area contributed by atoms with Gasteiger partial charge >= 0.3 is 5.97 Å². The summed E-state index contributed by atoms with van der Waals surface area (Å²) >= 11 is 0. The van der Waals surface area contributed by atoms with Crippen molar-refractivity contribution >= 4 is 5.97 Å². The molecule has 4 heteroatoms. The predicted molar refractivity (Wildman–Crippen MR) is 92.6 cm³/mol. The first-order valence-electron chi connectivity index (χ1n) is 8.17. The number of aromatic amines is 1. The standard InChI is InChI=1S/C19H25NO3.H2/c1-3-23-19(21)17-10-11-20-18(17)9-4-5-12-22-14-16-8-6-7-15(2)13-16;/h6-8,10-11,13,20H,3-5,9,12,14H2,1-2H3;1H. The van der Waals surface area contributed by atoms with Crippen LogP contribution in [0.1, 0.15) is 48.4 Å². The maximum Gasteiger partial charge on any atom is 0.339 e. The summed E-state index contributed by atoms with van der Waals surface area (Å²) in [4.78, 5) is 14.9. The molecule has 0 radical (unpaired) electrons. The van der Waals surface area contributed by atoms with E-state index >= 15 is 0 Å². The van der Waals surface area contributed by atoms with Gasteiger partial charge in [0.15, 0.2) is 0 Å². The van der Waals surface area contributed by atoms with Crippen LogP contribution in [0.15, 0.2) is 36.5 Å². The average molecular weight is 317 g/mol. The summed E-state index contributed by atoms with van der Waals surface area (Å²) in [7, 11) is 0. The van der Waals surface area contributed by atoms with Gasteiger partial charge in [0.2, 0.25) is 0 Å². The molecular formula is C19H27NO3. The van der Waals surface area contributed by atoms with Gasteiger partial charge in [-0.2, -0.15) is 0 Å². The fourth-order valence-corrected chi connectivity index (χ4v) is 2.51. The number of esters is 1. The van der Waals surface area contributed by atoms with E-state index in [4.69, 9.17) is 9.47 Å². The second-order valence-electron chi connectivity index (χ2n) is 5.59. The number of aromatic nitrogens is 1. The molecule has 0 fully saturated rings. The summed E-state index contributed by atoms with van der Waals surface area (Å²) in [6, 6.07) is 10.1. The Bertz CT molecular complexity index is 625. The number of aryl methyl sites for hydroxylation is 2. The molecule has 1 aromatic carbocycles. The number of rotatable bonds is 9. The van der Waals surface area contributed by atoms with Crippen molar-refractivity contribution in [2.45, 2.75) is 39.7 Å². The molecule has 1 heterocycles. The van der Waals surface area contributed by atoms with Crippen LogP contribution in [0.2, 0.25) is 0 Å². The smallest absolute Gasteiger partial charge is 0.339 e.